The Bertz CT molecular complexity index is 307. The largest absolute Gasteiger partial charge is 0.373 e. The van der Waals surface area contributed by atoms with Crippen LogP contribution in [-0.4, -0.2) is 55.7 Å². The normalized spacial score (nSPS) is 29.1. The average molecular weight is 255 g/mol. The summed E-state index contributed by atoms with van der Waals surface area (Å²) in [6.45, 7) is 7.59. The molecule has 0 radical (unpaired) electrons. The van der Waals surface area contributed by atoms with Gasteiger partial charge in [-0.15, -0.1) is 0 Å². The Kier molecular flexibility index (Phi) is 4.25. The van der Waals surface area contributed by atoms with Gasteiger partial charge in [-0.3, -0.25) is 9.69 Å². The Morgan fingerprint density at radius 3 is 3.06 bits per heavy atom. The highest BCUT2D eigenvalue weighted by molar-refractivity contribution is 5.82. The van der Waals surface area contributed by atoms with Crippen LogP contribution in [0.15, 0.2) is 0 Å². The van der Waals surface area contributed by atoms with E-state index >= 15 is 0 Å². The predicted octanol–water partition coefficient (Wildman–Crippen LogP) is -0.0493. The molecule has 0 aliphatic carbocycles. The molecule has 0 spiro atoms. The van der Waals surface area contributed by atoms with E-state index in [0.717, 1.165) is 13.2 Å². The van der Waals surface area contributed by atoms with Gasteiger partial charge in [0.2, 0.25) is 5.91 Å². The third-order valence-corrected chi connectivity index (χ3v) is 4.08. The highest BCUT2D eigenvalue weighted by Gasteiger charge is 2.33. The van der Waals surface area contributed by atoms with Gasteiger partial charge in [0.15, 0.2) is 0 Å². The van der Waals surface area contributed by atoms with E-state index in [1.807, 2.05) is 13.8 Å². The van der Waals surface area contributed by atoms with E-state index in [1.54, 1.807) is 0 Å². The third-order valence-electron chi connectivity index (χ3n) is 4.08. The lowest BCUT2D eigenvalue weighted by Crippen LogP contribution is -2.51. The first-order chi connectivity index (χ1) is 8.53. The van der Waals surface area contributed by atoms with Gasteiger partial charge < -0.3 is 15.8 Å². The standard InChI is InChI=1S/C13H25N3O2/c1-13(2,9-14)12(17)15-6-11-7-16-5-3-4-10(16)8-18-11/h10-11H,3-9,14H2,1-2H3,(H,15,17). The van der Waals surface area contributed by atoms with Crippen LogP contribution in [0.25, 0.3) is 0 Å². The van der Waals surface area contributed by atoms with E-state index < -0.39 is 5.41 Å². The van der Waals surface area contributed by atoms with E-state index in [1.165, 1.54) is 19.4 Å². The molecule has 104 valence electrons. The second kappa shape index (κ2) is 5.55. The Morgan fingerprint density at radius 1 is 1.56 bits per heavy atom. The smallest absolute Gasteiger partial charge is 0.227 e. The van der Waals surface area contributed by atoms with Crippen molar-refractivity contribution in [2.24, 2.45) is 11.1 Å². The molecule has 18 heavy (non-hydrogen) atoms. The Balaban J connectivity index is 1.76. The number of hydrogen-bond donors (Lipinski definition) is 2. The number of carbonyl (C=O) groups excluding carboxylic acids is 1. The summed E-state index contributed by atoms with van der Waals surface area (Å²) in [6, 6.07) is 0.609. The number of morpholine rings is 1. The van der Waals surface area contributed by atoms with Crippen LogP contribution in [0.1, 0.15) is 26.7 Å². The van der Waals surface area contributed by atoms with Gasteiger partial charge in [-0.2, -0.15) is 0 Å². The van der Waals surface area contributed by atoms with Gasteiger partial charge in [0.05, 0.1) is 18.1 Å². The fraction of sp³-hybridized carbons (Fsp3) is 0.923. The molecule has 2 rings (SSSR count). The molecule has 2 heterocycles. The minimum atomic E-state index is -0.495. The molecule has 0 bridgehead atoms. The van der Waals surface area contributed by atoms with E-state index in [9.17, 15) is 4.79 Å². The Morgan fingerprint density at radius 2 is 2.33 bits per heavy atom. The summed E-state index contributed by atoms with van der Waals surface area (Å²) < 4.78 is 5.80. The lowest BCUT2D eigenvalue weighted by Gasteiger charge is -2.35. The van der Waals surface area contributed by atoms with Crippen LogP contribution >= 0.6 is 0 Å². The van der Waals surface area contributed by atoms with Crippen molar-refractivity contribution in [2.75, 3.05) is 32.8 Å². The van der Waals surface area contributed by atoms with Gasteiger partial charge >= 0.3 is 0 Å². The summed E-state index contributed by atoms with van der Waals surface area (Å²) in [6.07, 6.45) is 2.64. The fourth-order valence-corrected chi connectivity index (χ4v) is 2.55. The minimum absolute atomic E-state index is 0.0112. The zero-order chi connectivity index (χ0) is 13.2. The van der Waals surface area contributed by atoms with Crippen molar-refractivity contribution in [2.45, 2.75) is 38.8 Å². The van der Waals surface area contributed by atoms with Crippen LogP contribution in [-0.2, 0) is 9.53 Å². The summed E-state index contributed by atoms with van der Waals surface area (Å²) >= 11 is 0. The van der Waals surface area contributed by atoms with Gasteiger partial charge in [0.25, 0.3) is 0 Å². The van der Waals surface area contributed by atoms with Crippen molar-refractivity contribution in [3.8, 4) is 0 Å². The molecule has 1 amide bonds. The maximum Gasteiger partial charge on any atom is 0.227 e. The van der Waals surface area contributed by atoms with Crippen LogP contribution in [0.3, 0.4) is 0 Å². The van der Waals surface area contributed by atoms with E-state index in [0.29, 0.717) is 19.1 Å². The maximum absolute atomic E-state index is 11.9. The number of nitrogens with one attached hydrogen (secondary N) is 1. The number of ether oxygens (including phenoxy) is 1. The van der Waals surface area contributed by atoms with Crippen molar-refractivity contribution in [1.29, 1.82) is 0 Å². The Labute approximate surface area is 109 Å². The number of rotatable bonds is 4. The molecule has 0 saturated carbocycles. The molecular formula is C13H25N3O2. The number of hydrogen-bond acceptors (Lipinski definition) is 4. The lowest BCUT2D eigenvalue weighted by atomic mass is 9.92. The van der Waals surface area contributed by atoms with Crippen molar-refractivity contribution < 1.29 is 9.53 Å². The van der Waals surface area contributed by atoms with Gasteiger partial charge in [-0.05, 0) is 33.2 Å². The van der Waals surface area contributed by atoms with Crippen LogP contribution in [0.4, 0.5) is 0 Å². The van der Waals surface area contributed by atoms with Gasteiger partial charge in [0.1, 0.15) is 0 Å². The number of amides is 1. The topological polar surface area (TPSA) is 67.6 Å². The highest BCUT2D eigenvalue weighted by Crippen LogP contribution is 2.22. The lowest BCUT2D eigenvalue weighted by molar-refractivity contribution is -0.130. The first-order valence-corrected chi connectivity index (χ1v) is 6.87. The molecule has 0 aromatic heterocycles. The number of carbonyl (C=O) groups is 1. The summed E-state index contributed by atoms with van der Waals surface area (Å²) in [5.74, 6) is 0.0112. The molecule has 2 atom stereocenters. The molecule has 2 saturated heterocycles. The third kappa shape index (κ3) is 3.02. The van der Waals surface area contributed by atoms with Crippen LogP contribution in [0.2, 0.25) is 0 Å². The number of nitrogens with zero attached hydrogens (tertiary/aromatic N) is 1. The Hall–Kier alpha value is -0.650. The van der Waals surface area contributed by atoms with E-state index in [-0.39, 0.29) is 12.0 Å². The predicted molar refractivity (Wildman–Crippen MR) is 70.2 cm³/mol. The quantitative estimate of drug-likeness (QED) is 0.739. The monoisotopic (exact) mass is 255 g/mol. The molecule has 2 unspecified atom stereocenters. The average Bonchev–Trinajstić information content (AvgIpc) is 2.83. The van der Waals surface area contributed by atoms with Crippen molar-refractivity contribution in [3.63, 3.8) is 0 Å². The highest BCUT2D eigenvalue weighted by atomic mass is 16.5. The molecular weight excluding hydrogens is 230 g/mol. The summed E-state index contributed by atoms with van der Waals surface area (Å²) in [5.41, 5.74) is 5.09. The van der Waals surface area contributed by atoms with Gasteiger partial charge in [-0.1, -0.05) is 0 Å². The van der Waals surface area contributed by atoms with Gasteiger partial charge in [-0.25, -0.2) is 0 Å². The second-order valence-electron chi connectivity index (χ2n) is 6.04. The second-order valence-corrected chi connectivity index (χ2v) is 6.04. The summed E-state index contributed by atoms with van der Waals surface area (Å²) in [5, 5.41) is 2.95. The number of fused-ring (bicyclic) bond motifs is 1. The molecule has 0 aromatic rings. The van der Waals surface area contributed by atoms with Crippen LogP contribution in [0.5, 0.6) is 0 Å². The molecule has 5 nitrogen and oxygen atoms in total. The molecule has 2 aliphatic heterocycles. The minimum Gasteiger partial charge on any atom is -0.373 e. The van der Waals surface area contributed by atoms with Gasteiger partial charge in [0, 0.05) is 25.7 Å². The molecule has 3 N–H and O–H groups in total. The van der Waals surface area contributed by atoms with Crippen molar-refractivity contribution >= 4 is 5.91 Å². The van der Waals surface area contributed by atoms with Crippen LogP contribution in [0, 0.1) is 5.41 Å². The van der Waals surface area contributed by atoms with E-state index in [4.69, 9.17) is 10.5 Å². The van der Waals surface area contributed by atoms with Crippen molar-refractivity contribution in [1.82, 2.24) is 10.2 Å². The number of nitrogens with two attached hydrogens (primary N) is 1. The zero-order valence-corrected chi connectivity index (χ0v) is 11.4. The summed E-state index contributed by atoms with van der Waals surface area (Å²) in [7, 11) is 0. The molecule has 2 aliphatic rings. The molecule has 2 fully saturated rings. The molecule has 5 heteroatoms. The first kappa shape index (κ1) is 13.8. The fourth-order valence-electron chi connectivity index (χ4n) is 2.55. The zero-order valence-electron chi connectivity index (χ0n) is 11.4. The SMILES string of the molecule is CC(C)(CN)C(=O)NCC1CN2CCCC2CO1. The van der Waals surface area contributed by atoms with Crippen molar-refractivity contribution in [3.05, 3.63) is 0 Å². The first-order valence-electron chi connectivity index (χ1n) is 6.87. The van der Waals surface area contributed by atoms with E-state index in [2.05, 4.69) is 10.2 Å². The summed E-state index contributed by atoms with van der Waals surface area (Å²) in [4.78, 5) is 14.4. The maximum atomic E-state index is 11.9. The molecule has 0 aromatic carbocycles. The van der Waals surface area contributed by atoms with Crippen LogP contribution < -0.4 is 11.1 Å².